The molecule has 0 aliphatic heterocycles. The molecule has 2 heterocycles. The maximum atomic E-state index is 12.5. The third kappa shape index (κ3) is 4.33. The van der Waals surface area contributed by atoms with Crippen LogP contribution in [-0.2, 0) is 10.0 Å². The number of amides is 1. The zero-order chi connectivity index (χ0) is 18.9. The van der Waals surface area contributed by atoms with Gasteiger partial charge in [0, 0.05) is 5.69 Å². The predicted molar refractivity (Wildman–Crippen MR) is 109 cm³/mol. The number of hydrogen-bond acceptors (Lipinski definition) is 5. The van der Waals surface area contributed by atoms with Crippen molar-refractivity contribution in [2.24, 2.45) is 0 Å². The summed E-state index contributed by atoms with van der Waals surface area (Å²) in [4.78, 5) is 12.7. The summed E-state index contributed by atoms with van der Waals surface area (Å²) < 4.78 is 27.6. The largest absolute Gasteiger partial charge is 0.321 e. The highest BCUT2D eigenvalue weighted by Gasteiger charge is 2.21. The van der Waals surface area contributed by atoms with E-state index in [0.717, 1.165) is 22.7 Å². The molecule has 2 N–H and O–H groups in total. The first-order valence-corrected chi connectivity index (χ1v) is 11.2. The van der Waals surface area contributed by atoms with Gasteiger partial charge in [-0.1, -0.05) is 34.8 Å². The average Bonchev–Trinajstić information content (AvgIpc) is 3.20. The minimum atomic E-state index is -3.83. The second-order valence-corrected chi connectivity index (χ2v) is 10.3. The Bertz CT molecular complexity index is 1080. The van der Waals surface area contributed by atoms with Crippen LogP contribution in [0.3, 0.4) is 0 Å². The van der Waals surface area contributed by atoms with Crippen molar-refractivity contribution >= 4 is 84.8 Å². The van der Waals surface area contributed by atoms with Crippen molar-refractivity contribution in [3.05, 3.63) is 61.0 Å². The number of carbonyl (C=O) groups excluding carboxylic acids is 1. The molecule has 3 rings (SSSR count). The van der Waals surface area contributed by atoms with E-state index in [1.54, 1.807) is 17.5 Å². The second-order valence-electron chi connectivity index (χ2n) is 4.91. The minimum Gasteiger partial charge on any atom is -0.321 e. The molecule has 11 heteroatoms. The normalized spacial score (nSPS) is 11.3. The van der Waals surface area contributed by atoms with Gasteiger partial charge in [-0.25, -0.2) is 8.42 Å². The van der Waals surface area contributed by atoms with Gasteiger partial charge in [0.15, 0.2) is 0 Å². The van der Waals surface area contributed by atoms with Gasteiger partial charge in [-0.3, -0.25) is 9.52 Å². The van der Waals surface area contributed by atoms with Crippen LogP contribution in [0.2, 0.25) is 14.4 Å². The van der Waals surface area contributed by atoms with E-state index in [-0.39, 0.29) is 14.8 Å². The van der Waals surface area contributed by atoms with Gasteiger partial charge in [-0.15, -0.1) is 22.7 Å². The highest BCUT2D eigenvalue weighted by molar-refractivity contribution is 7.94. The number of anilines is 2. The molecular weight excluding hydrogens is 459 g/mol. The van der Waals surface area contributed by atoms with Crippen molar-refractivity contribution in [3.8, 4) is 0 Å². The van der Waals surface area contributed by atoms with E-state index in [2.05, 4.69) is 10.0 Å². The molecule has 0 bridgehead atoms. The summed E-state index contributed by atoms with van der Waals surface area (Å²) in [5.41, 5.74) is 0.619. The van der Waals surface area contributed by atoms with Crippen LogP contribution in [-0.4, -0.2) is 14.3 Å². The lowest BCUT2D eigenvalue weighted by molar-refractivity contribution is 0.103. The van der Waals surface area contributed by atoms with Gasteiger partial charge in [0.05, 0.1) is 20.1 Å². The maximum absolute atomic E-state index is 12.5. The summed E-state index contributed by atoms with van der Waals surface area (Å²) in [5, 5.41) is 4.93. The molecule has 0 radical (unpaired) electrons. The van der Waals surface area contributed by atoms with Crippen molar-refractivity contribution in [3.63, 3.8) is 0 Å². The lowest BCUT2D eigenvalue weighted by Crippen LogP contribution is -2.16. The molecule has 0 aliphatic carbocycles. The predicted octanol–water partition coefficient (Wildman–Crippen LogP) is 5.82. The molecule has 0 unspecified atom stereocenters. The lowest BCUT2D eigenvalue weighted by Gasteiger charge is -2.09. The zero-order valence-corrected chi connectivity index (χ0v) is 17.3. The quantitative estimate of drug-likeness (QED) is 0.496. The van der Waals surface area contributed by atoms with E-state index < -0.39 is 15.9 Å². The summed E-state index contributed by atoms with van der Waals surface area (Å²) in [6, 6.07) is 9.06. The standard InChI is InChI=1S/C15H9Cl3N2O3S3/c16-9-2-1-8(7-10(9)17)19-15(21)14-11(5-6-24-14)20-26(22,23)13-4-3-12(18)25-13/h1-7,20H,(H,19,21). The number of benzene rings is 1. The van der Waals surface area contributed by atoms with E-state index >= 15 is 0 Å². The third-order valence-electron chi connectivity index (χ3n) is 3.11. The first-order valence-electron chi connectivity index (χ1n) is 6.88. The molecule has 5 nitrogen and oxygen atoms in total. The molecule has 0 aliphatic rings. The Kier molecular flexibility index (Phi) is 5.81. The van der Waals surface area contributed by atoms with Crippen LogP contribution in [0.4, 0.5) is 11.4 Å². The summed E-state index contributed by atoms with van der Waals surface area (Å²) in [6.45, 7) is 0. The fraction of sp³-hybridized carbons (Fsp3) is 0. The number of nitrogens with one attached hydrogen (secondary N) is 2. The van der Waals surface area contributed by atoms with Crippen LogP contribution in [0.25, 0.3) is 0 Å². The lowest BCUT2D eigenvalue weighted by atomic mass is 10.3. The van der Waals surface area contributed by atoms with Crippen molar-refractivity contribution < 1.29 is 13.2 Å². The summed E-state index contributed by atoms with van der Waals surface area (Å²) in [5.74, 6) is -0.472. The minimum absolute atomic E-state index is 0.0598. The molecule has 2 aromatic heterocycles. The number of thiophene rings is 2. The van der Waals surface area contributed by atoms with E-state index in [9.17, 15) is 13.2 Å². The van der Waals surface area contributed by atoms with Crippen LogP contribution in [0.15, 0.2) is 46.0 Å². The smallest absolute Gasteiger partial charge is 0.271 e. The van der Waals surface area contributed by atoms with E-state index in [0.29, 0.717) is 20.1 Å². The number of hydrogen-bond donors (Lipinski definition) is 2. The van der Waals surface area contributed by atoms with Gasteiger partial charge in [0.2, 0.25) is 0 Å². The molecule has 0 fully saturated rings. The van der Waals surface area contributed by atoms with Gasteiger partial charge in [0.25, 0.3) is 15.9 Å². The molecule has 26 heavy (non-hydrogen) atoms. The monoisotopic (exact) mass is 466 g/mol. The number of carbonyl (C=O) groups is 1. The van der Waals surface area contributed by atoms with E-state index in [1.165, 1.54) is 24.3 Å². The highest BCUT2D eigenvalue weighted by atomic mass is 35.5. The average molecular weight is 468 g/mol. The topological polar surface area (TPSA) is 75.3 Å². The summed E-state index contributed by atoms with van der Waals surface area (Å²) in [7, 11) is -3.83. The van der Waals surface area contributed by atoms with Crippen molar-refractivity contribution in [2.75, 3.05) is 10.0 Å². The Morgan fingerprint density at radius 1 is 1.00 bits per heavy atom. The van der Waals surface area contributed by atoms with E-state index in [1.807, 2.05) is 0 Å². The molecular formula is C15H9Cl3N2O3S3. The van der Waals surface area contributed by atoms with Crippen LogP contribution in [0, 0.1) is 0 Å². The molecule has 0 saturated carbocycles. The Labute approximate surface area is 172 Å². The molecule has 3 aromatic rings. The first-order chi connectivity index (χ1) is 12.3. The summed E-state index contributed by atoms with van der Waals surface area (Å²) >= 11 is 19.6. The van der Waals surface area contributed by atoms with Gasteiger partial charge in [0.1, 0.15) is 9.09 Å². The number of rotatable bonds is 5. The molecule has 0 spiro atoms. The molecule has 0 atom stereocenters. The molecule has 1 amide bonds. The van der Waals surface area contributed by atoms with Crippen molar-refractivity contribution in [1.82, 2.24) is 0 Å². The van der Waals surface area contributed by atoms with Crippen molar-refractivity contribution in [1.29, 1.82) is 0 Å². The SMILES string of the molecule is O=C(Nc1ccc(Cl)c(Cl)c1)c1sccc1NS(=O)(=O)c1ccc(Cl)s1. The Balaban J connectivity index is 1.81. The van der Waals surface area contributed by atoms with Gasteiger partial charge < -0.3 is 5.32 Å². The van der Waals surface area contributed by atoms with E-state index in [4.69, 9.17) is 34.8 Å². The summed E-state index contributed by atoms with van der Waals surface area (Å²) in [6.07, 6.45) is 0. The fourth-order valence-corrected chi connectivity index (χ4v) is 5.63. The highest BCUT2D eigenvalue weighted by Crippen LogP contribution is 2.31. The Hall–Kier alpha value is -1.29. The fourth-order valence-electron chi connectivity index (χ4n) is 1.96. The Morgan fingerprint density at radius 2 is 1.77 bits per heavy atom. The van der Waals surface area contributed by atoms with Crippen LogP contribution >= 0.6 is 57.5 Å². The zero-order valence-electron chi connectivity index (χ0n) is 12.6. The van der Waals surface area contributed by atoms with Crippen molar-refractivity contribution in [2.45, 2.75) is 4.21 Å². The van der Waals surface area contributed by atoms with Gasteiger partial charge >= 0.3 is 0 Å². The molecule has 1 aromatic carbocycles. The third-order valence-corrected chi connectivity index (χ3v) is 7.85. The van der Waals surface area contributed by atoms with Gasteiger partial charge in [-0.05, 0) is 41.8 Å². The maximum Gasteiger partial charge on any atom is 0.271 e. The van der Waals surface area contributed by atoms with Crippen LogP contribution in [0.1, 0.15) is 9.67 Å². The van der Waals surface area contributed by atoms with Crippen LogP contribution < -0.4 is 10.0 Å². The number of halogens is 3. The molecule has 136 valence electrons. The molecule has 0 saturated heterocycles. The van der Waals surface area contributed by atoms with Gasteiger partial charge in [-0.2, -0.15) is 0 Å². The Morgan fingerprint density at radius 3 is 2.42 bits per heavy atom. The number of sulfonamides is 1. The van der Waals surface area contributed by atoms with Crippen LogP contribution in [0.5, 0.6) is 0 Å². The first kappa shape index (κ1) is 19.5. The second kappa shape index (κ2) is 7.75.